The van der Waals surface area contributed by atoms with Crippen LogP contribution in [0.5, 0.6) is 0 Å². The van der Waals surface area contributed by atoms with E-state index in [0.29, 0.717) is 6.54 Å². The van der Waals surface area contributed by atoms with Crippen LogP contribution in [-0.2, 0) is 6.54 Å². The predicted octanol–water partition coefficient (Wildman–Crippen LogP) is 1.81. The Morgan fingerprint density at radius 2 is 2.25 bits per heavy atom. The molecule has 0 amide bonds. The molecule has 1 fully saturated rings. The molecular weight excluding hydrogens is 148 g/mol. The van der Waals surface area contributed by atoms with Gasteiger partial charge >= 0.3 is 0 Å². The molecule has 0 aliphatic heterocycles. The predicted molar refractivity (Wildman–Crippen MR) is 48.7 cm³/mol. The highest BCUT2D eigenvalue weighted by Gasteiger charge is 2.19. The Morgan fingerprint density at radius 1 is 1.42 bits per heavy atom. The fourth-order valence-corrected chi connectivity index (χ4v) is 1.54. The van der Waals surface area contributed by atoms with Crippen molar-refractivity contribution in [3.05, 3.63) is 29.6 Å². The van der Waals surface area contributed by atoms with E-state index in [4.69, 9.17) is 5.73 Å². The molecule has 0 saturated heterocycles. The zero-order valence-corrected chi connectivity index (χ0v) is 7.16. The normalized spacial score (nSPS) is 17.4. The van der Waals surface area contributed by atoms with Crippen molar-refractivity contribution >= 4 is 0 Å². The highest BCUT2D eigenvalue weighted by molar-refractivity contribution is 5.19. The van der Waals surface area contributed by atoms with Gasteiger partial charge in [0.1, 0.15) is 0 Å². The van der Waals surface area contributed by atoms with Gasteiger partial charge in [-0.05, 0) is 30.4 Å². The van der Waals surface area contributed by atoms with Crippen molar-refractivity contribution in [1.82, 2.24) is 4.98 Å². The quantitative estimate of drug-likeness (QED) is 0.720. The molecule has 0 atom stereocenters. The molecule has 1 aliphatic rings. The molecule has 1 aliphatic carbocycles. The molecule has 0 unspecified atom stereocenters. The van der Waals surface area contributed by atoms with Crippen LogP contribution in [0, 0.1) is 0 Å². The van der Waals surface area contributed by atoms with Crippen molar-refractivity contribution in [3.8, 4) is 0 Å². The van der Waals surface area contributed by atoms with Gasteiger partial charge in [-0.2, -0.15) is 0 Å². The summed E-state index contributed by atoms with van der Waals surface area (Å²) in [5.74, 6) is 0.782. The van der Waals surface area contributed by atoms with Crippen molar-refractivity contribution in [2.75, 3.05) is 0 Å². The van der Waals surface area contributed by atoms with E-state index < -0.39 is 0 Å². The molecule has 64 valence electrons. The highest BCUT2D eigenvalue weighted by Crippen LogP contribution is 2.35. The fraction of sp³-hybridized carbons (Fsp3) is 0.500. The Kier molecular flexibility index (Phi) is 2.09. The second-order valence-corrected chi connectivity index (χ2v) is 3.41. The van der Waals surface area contributed by atoms with Gasteiger partial charge in [0.05, 0.1) is 5.69 Å². The number of hydrogen-bond donors (Lipinski definition) is 1. The van der Waals surface area contributed by atoms with Gasteiger partial charge in [-0.25, -0.2) is 0 Å². The minimum Gasteiger partial charge on any atom is -0.325 e. The first-order chi connectivity index (χ1) is 5.90. The van der Waals surface area contributed by atoms with E-state index in [2.05, 4.69) is 11.1 Å². The second-order valence-electron chi connectivity index (χ2n) is 3.41. The Hall–Kier alpha value is -0.890. The smallest absolute Gasteiger partial charge is 0.0539 e. The third-order valence-electron chi connectivity index (χ3n) is 2.63. The summed E-state index contributed by atoms with van der Waals surface area (Å²) >= 11 is 0. The summed E-state index contributed by atoms with van der Waals surface area (Å²) in [6.07, 6.45) is 6.03. The van der Waals surface area contributed by atoms with E-state index >= 15 is 0 Å². The monoisotopic (exact) mass is 162 g/mol. The summed E-state index contributed by atoms with van der Waals surface area (Å²) in [5.41, 5.74) is 7.83. The summed E-state index contributed by atoms with van der Waals surface area (Å²) in [4.78, 5) is 4.28. The van der Waals surface area contributed by atoms with Gasteiger partial charge in [-0.3, -0.25) is 4.98 Å². The van der Waals surface area contributed by atoms with Gasteiger partial charge in [-0.15, -0.1) is 0 Å². The summed E-state index contributed by atoms with van der Waals surface area (Å²) in [6.45, 7) is 0.547. The highest BCUT2D eigenvalue weighted by atomic mass is 14.7. The van der Waals surface area contributed by atoms with Crippen molar-refractivity contribution < 1.29 is 0 Å². The van der Waals surface area contributed by atoms with Crippen LogP contribution in [0.15, 0.2) is 18.3 Å². The Morgan fingerprint density at radius 3 is 2.67 bits per heavy atom. The lowest BCUT2D eigenvalue weighted by atomic mass is 9.81. The van der Waals surface area contributed by atoms with Crippen LogP contribution in [0.3, 0.4) is 0 Å². The van der Waals surface area contributed by atoms with Crippen LogP contribution < -0.4 is 5.73 Å². The van der Waals surface area contributed by atoms with Gasteiger partial charge in [0.2, 0.25) is 0 Å². The van der Waals surface area contributed by atoms with Gasteiger partial charge in [0.25, 0.3) is 0 Å². The first-order valence-corrected chi connectivity index (χ1v) is 4.55. The molecule has 1 heterocycles. The number of nitrogens with zero attached hydrogens (tertiary/aromatic N) is 1. The molecule has 2 N–H and O–H groups in total. The van der Waals surface area contributed by atoms with Crippen molar-refractivity contribution in [2.24, 2.45) is 5.73 Å². The summed E-state index contributed by atoms with van der Waals surface area (Å²) < 4.78 is 0. The molecule has 0 bridgehead atoms. The van der Waals surface area contributed by atoms with E-state index in [9.17, 15) is 0 Å². The summed E-state index contributed by atoms with van der Waals surface area (Å²) in [7, 11) is 0. The Balaban J connectivity index is 2.13. The number of nitrogens with two attached hydrogens (primary N) is 1. The molecule has 1 aromatic heterocycles. The average Bonchev–Trinajstić information content (AvgIpc) is 2.03. The van der Waals surface area contributed by atoms with Gasteiger partial charge in [-0.1, -0.05) is 12.5 Å². The third kappa shape index (κ3) is 1.34. The van der Waals surface area contributed by atoms with Gasteiger partial charge in [0, 0.05) is 12.7 Å². The largest absolute Gasteiger partial charge is 0.325 e. The number of hydrogen-bond acceptors (Lipinski definition) is 2. The van der Waals surface area contributed by atoms with Crippen LogP contribution in [-0.4, -0.2) is 4.98 Å². The van der Waals surface area contributed by atoms with Crippen LogP contribution in [0.2, 0.25) is 0 Å². The van der Waals surface area contributed by atoms with E-state index in [1.54, 1.807) is 0 Å². The van der Waals surface area contributed by atoms with Crippen LogP contribution in [0.1, 0.15) is 36.4 Å². The molecule has 2 heteroatoms. The minimum absolute atomic E-state index is 0.547. The maximum atomic E-state index is 5.46. The maximum Gasteiger partial charge on any atom is 0.0539 e. The van der Waals surface area contributed by atoms with Crippen LogP contribution >= 0.6 is 0 Å². The molecule has 0 radical (unpaired) electrons. The van der Waals surface area contributed by atoms with Gasteiger partial charge in [0.15, 0.2) is 0 Å². The minimum atomic E-state index is 0.547. The van der Waals surface area contributed by atoms with Crippen molar-refractivity contribution in [2.45, 2.75) is 31.7 Å². The number of aromatic nitrogens is 1. The van der Waals surface area contributed by atoms with Crippen LogP contribution in [0.25, 0.3) is 0 Å². The number of rotatable bonds is 2. The second kappa shape index (κ2) is 3.23. The van der Waals surface area contributed by atoms with E-state index in [-0.39, 0.29) is 0 Å². The summed E-state index contributed by atoms with van der Waals surface area (Å²) in [6, 6.07) is 4.20. The average molecular weight is 162 g/mol. The zero-order chi connectivity index (χ0) is 8.39. The lowest BCUT2D eigenvalue weighted by Crippen LogP contribution is -2.09. The molecule has 2 nitrogen and oxygen atoms in total. The van der Waals surface area contributed by atoms with E-state index in [1.165, 1.54) is 24.8 Å². The van der Waals surface area contributed by atoms with Crippen molar-refractivity contribution in [1.29, 1.82) is 0 Å². The van der Waals surface area contributed by atoms with E-state index in [1.807, 2.05) is 12.3 Å². The molecular formula is C10H14N2. The SMILES string of the molecule is NCc1ccc(C2CCC2)cn1. The molecule has 1 aromatic rings. The Labute approximate surface area is 72.8 Å². The fourth-order valence-electron chi connectivity index (χ4n) is 1.54. The lowest BCUT2D eigenvalue weighted by Gasteiger charge is -2.25. The van der Waals surface area contributed by atoms with E-state index in [0.717, 1.165) is 11.6 Å². The molecule has 0 aromatic carbocycles. The summed E-state index contributed by atoms with van der Waals surface area (Å²) in [5, 5.41) is 0. The molecule has 2 rings (SSSR count). The molecule has 12 heavy (non-hydrogen) atoms. The first-order valence-electron chi connectivity index (χ1n) is 4.55. The lowest BCUT2D eigenvalue weighted by molar-refractivity contribution is 0.418. The molecule has 1 saturated carbocycles. The van der Waals surface area contributed by atoms with Crippen molar-refractivity contribution in [3.63, 3.8) is 0 Å². The molecule has 0 spiro atoms. The first kappa shape index (κ1) is 7.74. The zero-order valence-electron chi connectivity index (χ0n) is 7.16. The van der Waals surface area contributed by atoms with Gasteiger partial charge < -0.3 is 5.73 Å². The topological polar surface area (TPSA) is 38.9 Å². The van der Waals surface area contributed by atoms with Crippen LogP contribution in [0.4, 0.5) is 0 Å². The maximum absolute atomic E-state index is 5.46. The number of pyridine rings is 1. The Bertz CT molecular complexity index is 249. The standard InChI is InChI=1S/C10H14N2/c11-6-10-5-4-9(7-12-10)8-2-1-3-8/h4-5,7-8H,1-3,6,11H2. The third-order valence-corrected chi connectivity index (χ3v) is 2.63.